The highest BCUT2D eigenvalue weighted by Gasteiger charge is 2.32. The van der Waals surface area contributed by atoms with E-state index in [1.807, 2.05) is 24.3 Å². The SMILES string of the molecule is O=C1CCCC2=C1[C@H](c1ccc(Cl)c(Cl)c1)Sc1ccccc1N2. The van der Waals surface area contributed by atoms with Crippen molar-refractivity contribution in [1.29, 1.82) is 0 Å². The number of carbonyl (C=O) groups excluding carboxylic acids is 1. The van der Waals surface area contributed by atoms with Crippen molar-refractivity contribution in [3.63, 3.8) is 0 Å². The molecule has 5 heteroatoms. The molecule has 1 aliphatic heterocycles. The van der Waals surface area contributed by atoms with Gasteiger partial charge < -0.3 is 5.32 Å². The number of rotatable bonds is 1. The fourth-order valence-corrected chi connectivity index (χ4v) is 4.87. The first-order chi connectivity index (χ1) is 11.6. The lowest BCUT2D eigenvalue weighted by Crippen LogP contribution is -2.19. The minimum Gasteiger partial charge on any atom is -0.358 e. The molecule has 0 saturated carbocycles. The maximum absolute atomic E-state index is 12.7. The second-order valence-electron chi connectivity index (χ2n) is 5.96. The smallest absolute Gasteiger partial charge is 0.162 e. The molecule has 1 aliphatic carbocycles. The van der Waals surface area contributed by atoms with Crippen LogP contribution in [-0.4, -0.2) is 5.78 Å². The van der Waals surface area contributed by atoms with Crippen molar-refractivity contribution in [3.05, 3.63) is 69.3 Å². The Hall–Kier alpha value is -1.42. The lowest BCUT2D eigenvalue weighted by molar-refractivity contribution is -0.116. The van der Waals surface area contributed by atoms with Gasteiger partial charge in [-0.15, -0.1) is 11.8 Å². The molecule has 0 radical (unpaired) electrons. The van der Waals surface area contributed by atoms with Crippen LogP contribution in [0.5, 0.6) is 0 Å². The van der Waals surface area contributed by atoms with E-state index in [1.54, 1.807) is 17.8 Å². The molecule has 0 fully saturated rings. The maximum atomic E-state index is 12.7. The molecule has 1 atom stereocenters. The average Bonchev–Trinajstić information content (AvgIpc) is 2.74. The number of benzene rings is 2. The third-order valence-electron chi connectivity index (χ3n) is 4.38. The maximum Gasteiger partial charge on any atom is 0.162 e. The van der Waals surface area contributed by atoms with Crippen LogP contribution in [0.25, 0.3) is 0 Å². The summed E-state index contributed by atoms with van der Waals surface area (Å²) in [7, 11) is 0. The van der Waals surface area contributed by atoms with Crippen LogP contribution in [0.4, 0.5) is 5.69 Å². The Balaban J connectivity index is 1.88. The third-order valence-corrected chi connectivity index (χ3v) is 6.47. The number of hydrogen-bond acceptors (Lipinski definition) is 3. The molecule has 0 spiro atoms. The average molecular weight is 376 g/mol. The largest absolute Gasteiger partial charge is 0.358 e. The topological polar surface area (TPSA) is 29.1 Å². The molecule has 122 valence electrons. The molecule has 1 heterocycles. The van der Waals surface area contributed by atoms with E-state index in [2.05, 4.69) is 17.4 Å². The number of thioether (sulfide) groups is 1. The van der Waals surface area contributed by atoms with E-state index < -0.39 is 0 Å². The molecule has 2 aromatic rings. The second kappa shape index (κ2) is 6.47. The van der Waals surface area contributed by atoms with Crippen LogP contribution in [0, 0.1) is 0 Å². The molecule has 2 aromatic carbocycles. The summed E-state index contributed by atoms with van der Waals surface area (Å²) in [6.45, 7) is 0. The zero-order valence-electron chi connectivity index (χ0n) is 12.8. The van der Waals surface area contributed by atoms with Gasteiger partial charge in [0.05, 0.1) is 21.0 Å². The zero-order chi connectivity index (χ0) is 16.7. The van der Waals surface area contributed by atoms with E-state index in [9.17, 15) is 4.79 Å². The zero-order valence-corrected chi connectivity index (χ0v) is 15.1. The van der Waals surface area contributed by atoms with Crippen LogP contribution >= 0.6 is 35.0 Å². The minimum atomic E-state index is -0.0706. The number of nitrogens with one attached hydrogen (secondary N) is 1. The Morgan fingerprint density at radius 3 is 2.71 bits per heavy atom. The number of anilines is 1. The molecule has 4 rings (SSSR count). The molecule has 24 heavy (non-hydrogen) atoms. The van der Waals surface area contributed by atoms with Gasteiger partial charge in [-0.1, -0.05) is 41.4 Å². The highest BCUT2D eigenvalue weighted by molar-refractivity contribution is 8.00. The van der Waals surface area contributed by atoms with Crippen molar-refractivity contribution >= 4 is 46.4 Å². The van der Waals surface area contributed by atoms with Crippen molar-refractivity contribution in [3.8, 4) is 0 Å². The quantitative estimate of drug-likeness (QED) is 0.637. The first-order valence-electron chi connectivity index (χ1n) is 7.87. The lowest BCUT2D eigenvalue weighted by atomic mass is 9.89. The molecule has 0 amide bonds. The summed E-state index contributed by atoms with van der Waals surface area (Å²) in [5.74, 6) is 0.222. The predicted molar refractivity (Wildman–Crippen MR) is 101 cm³/mol. The van der Waals surface area contributed by atoms with Crippen molar-refractivity contribution in [1.82, 2.24) is 0 Å². The van der Waals surface area contributed by atoms with E-state index in [0.29, 0.717) is 16.5 Å². The number of halogens is 2. The number of hydrogen-bond donors (Lipinski definition) is 1. The number of ketones is 1. The summed E-state index contributed by atoms with van der Waals surface area (Å²) in [6, 6.07) is 13.8. The van der Waals surface area contributed by atoms with Gasteiger partial charge in [0.1, 0.15) is 0 Å². The monoisotopic (exact) mass is 375 g/mol. The van der Waals surface area contributed by atoms with Crippen LogP contribution in [0.3, 0.4) is 0 Å². The highest BCUT2D eigenvalue weighted by atomic mass is 35.5. The van der Waals surface area contributed by atoms with E-state index in [0.717, 1.165) is 40.3 Å². The van der Waals surface area contributed by atoms with Gasteiger partial charge in [0, 0.05) is 22.6 Å². The molecule has 0 bridgehead atoms. The molecule has 0 saturated heterocycles. The van der Waals surface area contributed by atoms with Gasteiger partial charge in [-0.3, -0.25) is 4.79 Å². The van der Waals surface area contributed by atoms with Gasteiger partial charge in [-0.05, 0) is 42.7 Å². The Morgan fingerprint density at radius 2 is 1.88 bits per heavy atom. The van der Waals surface area contributed by atoms with E-state index in [1.165, 1.54) is 0 Å². The summed E-state index contributed by atoms with van der Waals surface area (Å²) >= 11 is 14.0. The summed E-state index contributed by atoms with van der Waals surface area (Å²) in [5.41, 5.74) is 3.99. The number of fused-ring (bicyclic) bond motifs is 1. The molecular weight excluding hydrogens is 361 g/mol. The highest BCUT2D eigenvalue weighted by Crippen LogP contribution is 2.49. The number of carbonyl (C=O) groups is 1. The summed E-state index contributed by atoms with van der Waals surface area (Å²) in [5, 5.41) is 4.47. The van der Waals surface area contributed by atoms with Gasteiger partial charge in [0.15, 0.2) is 5.78 Å². The van der Waals surface area contributed by atoms with Crippen molar-refractivity contribution < 1.29 is 4.79 Å². The summed E-state index contributed by atoms with van der Waals surface area (Å²) < 4.78 is 0. The van der Waals surface area contributed by atoms with Crippen LogP contribution in [0.15, 0.2) is 58.6 Å². The Labute approximate surface area is 155 Å². The second-order valence-corrected chi connectivity index (χ2v) is 7.92. The fraction of sp³-hybridized carbons (Fsp3) is 0.211. The summed E-state index contributed by atoms with van der Waals surface area (Å²) in [4.78, 5) is 13.8. The molecule has 2 aliphatic rings. The first kappa shape index (κ1) is 16.1. The third kappa shape index (κ3) is 2.85. The first-order valence-corrected chi connectivity index (χ1v) is 9.51. The predicted octanol–water partition coefficient (Wildman–Crippen LogP) is 6.26. The number of para-hydroxylation sites is 1. The van der Waals surface area contributed by atoms with Gasteiger partial charge in [0.25, 0.3) is 0 Å². The van der Waals surface area contributed by atoms with Crippen LogP contribution < -0.4 is 5.32 Å². The van der Waals surface area contributed by atoms with Crippen molar-refractivity contribution in [2.24, 2.45) is 0 Å². The van der Waals surface area contributed by atoms with Crippen LogP contribution in [0.1, 0.15) is 30.1 Å². The van der Waals surface area contributed by atoms with Gasteiger partial charge in [-0.2, -0.15) is 0 Å². The standard InChI is InChI=1S/C19H15Cl2NOS/c20-12-9-8-11(10-13(12)21)19-18-15(5-3-6-16(18)23)22-14-4-1-2-7-17(14)24-19/h1-2,4,7-10,19,22H,3,5-6H2/t19-/m0/s1. The number of Topliss-reactive ketones (excluding diaryl/α,β-unsaturated/α-hetero) is 1. The van der Waals surface area contributed by atoms with Crippen LogP contribution in [-0.2, 0) is 4.79 Å². The van der Waals surface area contributed by atoms with Gasteiger partial charge >= 0.3 is 0 Å². The lowest BCUT2D eigenvalue weighted by Gasteiger charge is -2.24. The Bertz CT molecular complexity index is 862. The molecule has 0 aromatic heterocycles. The van der Waals surface area contributed by atoms with E-state index in [4.69, 9.17) is 23.2 Å². The molecule has 2 nitrogen and oxygen atoms in total. The summed E-state index contributed by atoms with van der Waals surface area (Å²) in [6.07, 6.45) is 2.40. The van der Waals surface area contributed by atoms with E-state index in [-0.39, 0.29) is 11.0 Å². The van der Waals surface area contributed by atoms with Gasteiger partial charge in [-0.25, -0.2) is 0 Å². The van der Waals surface area contributed by atoms with Crippen molar-refractivity contribution in [2.45, 2.75) is 29.4 Å². The normalized spacial score (nSPS) is 20.1. The van der Waals surface area contributed by atoms with Crippen molar-refractivity contribution in [2.75, 3.05) is 5.32 Å². The molecule has 0 unspecified atom stereocenters. The Morgan fingerprint density at radius 1 is 1.04 bits per heavy atom. The van der Waals surface area contributed by atoms with E-state index >= 15 is 0 Å². The van der Waals surface area contributed by atoms with Gasteiger partial charge in [0.2, 0.25) is 0 Å². The molecule has 1 N–H and O–H groups in total. The van der Waals surface area contributed by atoms with Crippen LogP contribution in [0.2, 0.25) is 10.0 Å². The molecular formula is C19H15Cl2NOS. The number of allylic oxidation sites excluding steroid dienone is 1. The minimum absolute atomic E-state index is 0.0706. The Kier molecular flexibility index (Phi) is 4.33. The fourth-order valence-electron chi connectivity index (χ4n) is 3.23.